The van der Waals surface area contributed by atoms with Crippen molar-refractivity contribution in [3.8, 4) is 0 Å². The number of pyridine rings is 1. The minimum Gasteiger partial charge on any atom is -0.330 e. The maximum Gasteiger partial charge on any atom is 0.242 e. The predicted octanol–water partition coefficient (Wildman–Crippen LogP) is 0.682. The molecule has 8 heteroatoms. The lowest BCUT2D eigenvalue weighted by atomic mass is 10.1. The zero-order chi connectivity index (χ0) is 15.9. The summed E-state index contributed by atoms with van der Waals surface area (Å²) in [5.74, 6) is 0.214. The van der Waals surface area contributed by atoms with E-state index in [1.807, 2.05) is 6.92 Å². The molecule has 2 atom stereocenters. The Hall–Kier alpha value is -1.51. The molecule has 120 valence electrons. The third kappa shape index (κ3) is 2.62. The normalized spacial score (nSPS) is 22.5. The van der Waals surface area contributed by atoms with Crippen molar-refractivity contribution in [1.29, 1.82) is 0 Å². The molecule has 1 aliphatic rings. The highest BCUT2D eigenvalue weighted by atomic mass is 32.2. The molecule has 0 spiro atoms. The molecule has 1 aliphatic carbocycles. The molecule has 0 unspecified atom stereocenters. The van der Waals surface area contributed by atoms with Crippen molar-refractivity contribution in [3.05, 3.63) is 18.0 Å². The first-order chi connectivity index (χ1) is 10.4. The van der Waals surface area contributed by atoms with Gasteiger partial charge in [0.05, 0.1) is 5.69 Å². The van der Waals surface area contributed by atoms with Gasteiger partial charge in [0.25, 0.3) is 0 Å². The maximum absolute atomic E-state index is 12.6. The Bertz CT molecular complexity index is 799. The molecule has 1 saturated carbocycles. The molecular formula is C14H21N5O2S. The Kier molecular flexibility index (Phi) is 3.92. The lowest BCUT2D eigenvalue weighted by Crippen LogP contribution is -2.39. The van der Waals surface area contributed by atoms with E-state index < -0.39 is 10.0 Å². The van der Waals surface area contributed by atoms with Crippen molar-refractivity contribution in [2.24, 2.45) is 18.7 Å². The number of nitrogens with zero attached hydrogens (tertiary/aromatic N) is 3. The molecule has 2 aromatic rings. The summed E-state index contributed by atoms with van der Waals surface area (Å²) in [6.07, 6.45) is 4.21. The number of rotatable bonds is 4. The molecule has 0 aromatic carbocycles. The minimum absolute atomic E-state index is 0.0827. The molecule has 0 bridgehead atoms. The van der Waals surface area contributed by atoms with Crippen molar-refractivity contribution in [2.45, 2.75) is 37.1 Å². The van der Waals surface area contributed by atoms with Crippen molar-refractivity contribution in [1.82, 2.24) is 19.5 Å². The summed E-state index contributed by atoms with van der Waals surface area (Å²) in [5, 5.41) is 5.02. The average molecular weight is 323 g/mol. The van der Waals surface area contributed by atoms with E-state index in [2.05, 4.69) is 14.8 Å². The van der Waals surface area contributed by atoms with E-state index in [0.29, 0.717) is 12.2 Å². The molecule has 3 N–H and O–H groups in total. The Balaban J connectivity index is 1.93. The minimum atomic E-state index is -3.59. The van der Waals surface area contributed by atoms with E-state index in [1.54, 1.807) is 17.8 Å². The largest absolute Gasteiger partial charge is 0.330 e. The van der Waals surface area contributed by atoms with Crippen LogP contribution < -0.4 is 10.5 Å². The fraction of sp³-hybridized carbons (Fsp3) is 0.571. The predicted molar refractivity (Wildman–Crippen MR) is 83.8 cm³/mol. The van der Waals surface area contributed by atoms with Gasteiger partial charge in [-0.05, 0) is 38.3 Å². The van der Waals surface area contributed by atoms with E-state index in [-0.39, 0.29) is 16.9 Å². The van der Waals surface area contributed by atoms with E-state index in [0.717, 1.165) is 30.3 Å². The van der Waals surface area contributed by atoms with Crippen LogP contribution in [0.2, 0.25) is 0 Å². The maximum atomic E-state index is 12.6. The third-order valence-corrected chi connectivity index (χ3v) is 5.87. The van der Waals surface area contributed by atoms with Crippen LogP contribution in [0.15, 0.2) is 17.2 Å². The summed E-state index contributed by atoms with van der Waals surface area (Å²) >= 11 is 0. The number of aromatic nitrogens is 3. The van der Waals surface area contributed by atoms with Crippen LogP contribution in [-0.2, 0) is 17.1 Å². The Morgan fingerprint density at radius 3 is 2.95 bits per heavy atom. The van der Waals surface area contributed by atoms with Gasteiger partial charge in [-0.25, -0.2) is 18.1 Å². The number of aryl methyl sites for hydroxylation is 2. The molecule has 22 heavy (non-hydrogen) atoms. The molecule has 0 saturated heterocycles. The monoisotopic (exact) mass is 323 g/mol. The number of hydrogen-bond acceptors (Lipinski definition) is 5. The van der Waals surface area contributed by atoms with Gasteiger partial charge in [0.15, 0.2) is 5.65 Å². The smallest absolute Gasteiger partial charge is 0.242 e. The zero-order valence-electron chi connectivity index (χ0n) is 12.8. The molecule has 0 aliphatic heterocycles. The SMILES string of the molecule is Cc1nn(C)c2ncc(S(=O)(=O)N[C@@H]3CCC[C@H]3CN)cc12. The van der Waals surface area contributed by atoms with Crippen LogP contribution in [0.25, 0.3) is 11.0 Å². The van der Waals surface area contributed by atoms with Crippen molar-refractivity contribution >= 4 is 21.1 Å². The molecule has 2 heterocycles. The van der Waals surface area contributed by atoms with Gasteiger partial charge in [0.2, 0.25) is 10.0 Å². The van der Waals surface area contributed by atoms with Crippen molar-refractivity contribution in [3.63, 3.8) is 0 Å². The fourth-order valence-corrected chi connectivity index (χ4v) is 4.49. The van der Waals surface area contributed by atoms with Crippen molar-refractivity contribution < 1.29 is 8.42 Å². The first-order valence-electron chi connectivity index (χ1n) is 7.44. The van der Waals surface area contributed by atoms with E-state index in [1.165, 1.54) is 6.20 Å². The average Bonchev–Trinajstić information content (AvgIpc) is 3.03. The topological polar surface area (TPSA) is 103 Å². The second-order valence-corrected chi connectivity index (χ2v) is 7.62. The summed E-state index contributed by atoms with van der Waals surface area (Å²) in [4.78, 5) is 4.42. The number of fused-ring (bicyclic) bond motifs is 1. The molecule has 2 aromatic heterocycles. The first kappa shape index (κ1) is 15.4. The third-order valence-electron chi connectivity index (χ3n) is 4.42. The van der Waals surface area contributed by atoms with Gasteiger partial charge in [-0.15, -0.1) is 0 Å². The molecular weight excluding hydrogens is 302 g/mol. The second-order valence-electron chi connectivity index (χ2n) is 5.91. The quantitative estimate of drug-likeness (QED) is 0.861. The highest BCUT2D eigenvalue weighted by molar-refractivity contribution is 7.89. The van der Waals surface area contributed by atoms with Gasteiger partial charge in [-0.1, -0.05) is 6.42 Å². The van der Waals surface area contributed by atoms with Crippen LogP contribution in [0.1, 0.15) is 25.0 Å². The first-order valence-corrected chi connectivity index (χ1v) is 8.92. The lowest BCUT2D eigenvalue weighted by molar-refractivity contribution is 0.453. The van der Waals surface area contributed by atoms with E-state index in [4.69, 9.17) is 5.73 Å². The summed E-state index contributed by atoms with van der Waals surface area (Å²) in [6, 6.07) is 1.56. The summed E-state index contributed by atoms with van der Waals surface area (Å²) in [6.45, 7) is 2.35. The van der Waals surface area contributed by atoms with Crippen LogP contribution >= 0.6 is 0 Å². The number of nitrogens with one attached hydrogen (secondary N) is 1. The van der Waals surface area contributed by atoms with Gasteiger partial charge >= 0.3 is 0 Å². The summed E-state index contributed by atoms with van der Waals surface area (Å²) in [5.41, 5.74) is 7.16. The molecule has 7 nitrogen and oxygen atoms in total. The highest BCUT2D eigenvalue weighted by Crippen LogP contribution is 2.27. The second kappa shape index (κ2) is 5.60. The zero-order valence-corrected chi connectivity index (χ0v) is 13.6. The fourth-order valence-electron chi connectivity index (χ4n) is 3.18. The lowest BCUT2D eigenvalue weighted by Gasteiger charge is -2.19. The Morgan fingerprint density at radius 1 is 1.45 bits per heavy atom. The summed E-state index contributed by atoms with van der Waals surface area (Å²) < 4.78 is 29.6. The number of sulfonamides is 1. The molecule has 1 fully saturated rings. The Labute approximate surface area is 130 Å². The highest BCUT2D eigenvalue weighted by Gasteiger charge is 2.30. The van der Waals surface area contributed by atoms with E-state index >= 15 is 0 Å². The van der Waals surface area contributed by atoms with Crippen LogP contribution in [-0.4, -0.2) is 35.8 Å². The van der Waals surface area contributed by atoms with Crippen LogP contribution in [0.3, 0.4) is 0 Å². The summed E-state index contributed by atoms with van der Waals surface area (Å²) in [7, 11) is -1.80. The van der Waals surface area contributed by atoms with Gasteiger partial charge in [-0.2, -0.15) is 5.10 Å². The standard InChI is InChI=1S/C14H21N5O2S/c1-9-12-6-11(8-16-14(12)19(2)17-9)22(20,21)18-13-5-3-4-10(13)7-15/h6,8,10,13,18H,3-5,7,15H2,1-2H3/t10-,13+/m0/s1. The van der Waals surface area contributed by atoms with Crippen LogP contribution in [0.5, 0.6) is 0 Å². The van der Waals surface area contributed by atoms with Crippen LogP contribution in [0.4, 0.5) is 0 Å². The Morgan fingerprint density at radius 2 is 2.23 bits per heavy atom. The number of hydrogen-bond donors (Lipinski definition) is 2. The van der Waals surface area contributed by atoms with Crippen molar-refractivity contribution in [2.75, 3.05) is 6.54 Å². The van der Waals surface area contributed by atoms with Gasteiger partial charge in [0, 0.05) is 24.7 Å². The van der Waals surface area contributed by atoms with Gasteiger partial charge < -0.3 is 5.73 Å². The molecule has 0 radical (unpaired) electrons. The molecule has 0 amide bonds. The molecule has 3 rings (SSSR count). The van der Waals surface area contributed by atoms with E-state index in [9.17, 15) is 8.42 Å². The number of nitrogens with two attached hydrogens (primary N) is 1. The van der Waals surface area contributed by atoms with Gasteiger partial charge in [0.1, 0.15) is 4.90 Å². The van der Waals surface area contributed by atoms with Gasteiger partial charge in [-0.3, -0.25) is 4.68 Å². The van der Waals surface area contributed by atoms with Crippen LogP contribution in [0, 0.1) is 12.8 Å².